The van der Waals surface area contributed by atoms with Gasteiger partial charge in [0.1, 0.15) is 10.8 Å². The molecule has 6 nitrogen and oxygen atoms in total. The summed E-state index contributed by atoms with van der Waals surface area (Å²) in [4.78, 5) is 27.9. The lowest BCUT2D eigenvalue weighted by Gasteiger charge is -2.13. The van der Waals surface area contributed by atoms with Gasteiger partial charge in [-0.15, -0.1) is 11.3 Å². The summed E-state index contributed by atoms with van der Waals surface area (Å²) in [6, 6.07) is 6.17. The van der Waals surface area contributed by atoms with Crippen molar-refractivity contribution in [2.75, 3.05) is 0 Å². The number of thiazole rings is 1. The Morgan fingerprint density at radius 2 is 1.90 bits per heavy atom. The Hall–Kier alpha value is -3.07. The topological polar surface area (TPSA) is 92.4 Å². The molecule has 0 saturated carbocycles. The van der Waals surface area contributed by atoms with E-state index in [2.05, 4.69) is 4.98 Å². The molecule has 2 aromatic heterocycles. The van der Waals surface area contributed by atoms with Crippen LogP contribution in [0.1, 0.15) is 27.7 Å². The number of aromatic carboxylic acids is 1. The van der Waals surface area contributed by atoms with Crippen LogP contribution in [0.15, 0.2) is 42.9 Å². The number of carboxylic acids is 1. The molecule has 0 spiro atoms. The molecule has 3 aromatic rings. The Morgan fingerprint density at radius 3 is 2.52 bits per heavy atom. The van der Waals surface area contributed by atoms with Crippen molar-refractivity contribution in [1.29, 1.82) is 0 Å². The maximum absolute atomic E-state index is 14.5. The maximum atomic E-state index is 14.5. The van der Waals surface area contributed by atoms with Crippen molar-refractivity contribution in [3.05, 3.63) is 58.9 Å². The van der Waals surface area contributed by atoms with Crippen molar-refractivity contribution in [2.24, 2.45) is 0 Å². The van der Waals surface area contributed by atoms with Crippen LogP contribution < -0.4 is 0 Å². The molecule has 0 saturated heterocycles. The number of halogens is 2. The Kier molecular flexibility index (Phi) is 5.78. The smallest absolute Gasteiger partial charge is 0.337 e. The van der Waals surface area contributed by atoms with Crippen molar-refractivity contribution in [3.8, 4) is 16.3 Å². The fourth-order valence-electron chi connectivity index (χ4n) is 2.82. The summed E-state index contributed by atoms with van der Waals surface area (Å²) in [5, 5.41) is 19.0. The van der Waals surface area contributed by atoms with Crippen molar-refractivity contribution >= 4 is 23.1 Å². The molecule has 2 N–H and O–H groups in total. The second-order valence-corrected chi connectivity index (χ2v) is 7.61. The Labute approximate surface area is 169 Å². The molecule has 0 atom stereocenters. The van der Waals surface area contributed by atoms with Crippen LogP contribution in [0.25, 0.3) is 10.6 Å². The molecule has 0 radical (unpaired) electrons. The van der Waals surface area contributed by atoms with Gasteiger partial charge in [0.05, 0.1) is 12.0 Å². The fourth-order valence-corrected chi connectivity index (χ4v) is 3.78. The monoisotopic (exact) mass is 420 g/mol. The first kappa shape index (κ1) is 20.7. The van der Waals surface area contributed by atoms with Gasteiger partial charge in [-0.2, -0.15) is 8.78 Å². The van der Waals surface area contributed by atoms with Gasteiger partial charge in [-0.1, -0.05) is 0 Å². The third kappa shape index (κ3) is 4.68. The SMILES string of the molecule is CCn1cc(CC(=O)C(F)(F)Cc2cnc(-c3ccc(O)cc3)s2)c(C(=O)O)c1. The van der Waals surface area contributed by atoms with E-state index in [9.17, 15) is 28.6 Å². The third-order valence-electron chi connectivity index (χ3n) is 4.38. The normalized spacial score (nSPS) is 11.6. The van der Waals surface area contributed by atoms with Gasteiger partial charge in [0.25, 0.3) is 0 Å². The third-order valence-corrected chi connectivity index (χ3v) is 5.43. The van der Waals surface area contributed by atoms with Gasteiger partial charge >= 0.3 is 11.9 Å². The number of carboxylic acid groups (broad SMARTS) is 1. The Balaban J connectivity index is 1.74. The minimum atomic E-state index is -3.65. The lowest BCUT2D eigenvalue weighted by atomic mass is 10.0. The van der Waals surface area contributed by atoms with Crippen LogP contribution in [0.2, 0.25) is 0 Å². The minimum absolute atomic E-state index is 0.0677. The molecule has 1 aromatic carbocycles. The number of aryl methyl sites for hydroxylation is 1. The van der Waals surface area contributed by atoms with Gasteiger partial charge in [-0.05, 0) is 36.8 Å². The number of rotatable bonds is 8. The Bertz CT molecular complexity index is 1040. The number of aromatic hydroxyl groups is 1. The average molecular weight is 420 g/mol. The highest BCUT2D eigenvalue weighted by Crippen LogP contribution is 2.31. The number of phenols is 1. The lowest BCUT2D eigenvalue weighted by molar-refractivity contribution is -0.142. The molecular formula is C20H18F2N2O4S. The van der Waals surface area contributed by atoms with Crippen LogP contribution in [0.3, 0.4) is 0 Å². The van der Waals surface area contributed by atoms with E-state index >= 15 is 0 Å². The second-order valence-electron chi connectivity index (χ2n) is 6.49. The standard InChI is InChI=1S/C20H18F2N2O4S/c1-2-24-10-13(16(11-24)19(27)28)7-17(26)20(21,22)8-15-9-23-18(29-15)12-3-5-14(25)6-4-12/h3-6,9-11,25H,2,7-8H2,1H3,(H,27,28). The van der Waals surface area contributed by atoms with Crippen molar-refractivity contribution in [2.45, 2.75) is 32.2 Å². The summed E-state index contributed by atoms with van der Waals surface area (Å²) >= 11 is 1.04. The number of ketones is 1. The molecule has 0 bridgehead atoms. The molecule has 3 rings (SSSR count). The zero-order valence-corrected chi connectivity index (χ0v) is 16.2. The van der Waals surface area contributed by atoms with Crippen molar-refractivity contribution in [3.63, 3.8) is 0 Å². The number of hydrogen-bond acceptors (Lipinski definition) is 5. The number of carbonyl (C=O) groups excluding carboxylic acids is 1. The van der Waals surface area contributed by atoms with Crippen LogP contribution in [0.5, 0.6) is 5.75 Å². The van der Waals surface area contributed by atoms with Crippen LogP contribution in [-0.2, 0) is 24.2 Å². The molecule has 0 fully saturated rings. The molecule has 152 valence electrons. The summed E-state index contributed by atoms with van der Waals surface area (Å²) in [6.45, 7) is 2.24. The highest BCUT2D eigenvalue weighted by molar-refractivity contribution is 7.15. The number of benzene rings is 1. The molecular weight excluding hydrogens is 402 g/mol. The van der Waals surface area contributed by atoms with E-state index in [4.69, 9.17) is 0 Å². The fraction of sp³-hybridized carbons (Fsp3) is 0.250. The minimum Gasteiger partial charge on any atom is -0.508 e. The number of Topliss-reactive ketones (excluding diaryl/α,β-unsaturated/α-hetero) is 1. The molecule has 0 aliphatic carbocycles. The molecule has 0 aliphatic rings. The number of hydrogen-bond donors (Lipinski definition) is 2. The predicted octanol–water partition coefficient (Wildman–Crippen LogP) is 4.02. The van der Waals surface area contributed by atoms with E-state index < -0.39 is 30.5 Å². The first-order valence-corrected chi connectivity index (χ1v) is 9.58. The van der Waals surface area contributed by atoms with Gasteiger partial charge in [0, 0.05) is 42.0 Å². The largest absolute Gasteiger partial charge is 0.508 e. The van der Waals surface area contributed by atoms with Gasteiger partial charge in [0.15, 0.2) is 0 Å². The number of nitrogens with zero attached hydrogens (tertiary/aromatic N) is 2. The molecule has 29 heavy (non-hydrogen) atoms. The van der Waals surface area contributed by atoms with Gasteiger partial charge < -0.3 is 14.8 Å². The zero-order valence-electron chi connectivity index (χ0n) is 15.4. The summed E-state index contributed by atoms with van der Waals surface area (Å²) < 4.78 is 30.6. The second kappa shape index (κ2) is 8.12. The molecule has 9 heteroatoms. The van der Waals surface area contributed by atoms with Gasteiger partial charge in [-0.3, -0.25) is 4.79 Å². The Morgan fingerprint density at radius 1 is 1.21 bits per heavy atom. The summed E-state index contributed by atoms with van der Waals surface area (Å²) in [5.74, 6) is -6.17. The van der Waals surface area contributed by atoms with Crippen LogP contribution >= 0.6 is 11.3 Å². The number of alkyl halides is 2. The maximum Gasteiger partial charge on any atom is 0.337 e. The summed E-state index contributed by atoms with van der Waals surface area (Å²) in [5.41, 5.74) is 0.585. The number of aromatic nitrogens is 2. The van der Waals surface area contributed by atoms with Gasteiger partial charge in [-0.25, -0.2) is 9.78 Å². The van der Waals surface area contributed by atoms with E-state index in [1.54, 1.807) is 19.1 Å². The first-order chi connectivity index (χ1) is 13.7. The quantitative estimate of drug-likeness (QED) is 0.574. The van der Waals surface area contributed by atoms with E-state index in [0.29, 0.717) is 17.1 Å². The summed E-state index contributed by atoms with van der Waals surface area (Å²) in [6.07, 6.45) is 2.57. The predicted molar refractivity (Wildman–Crippen MR) is 104 cm³/mol. The van der Waals surface area contributed by atoms with Crippen LogP contribution in [0, 0.1) is 0 Å². The molecule has 0 aliphatic heterocycles. The molecule has 0 amide bonds. The van der Waals surface area contributed by atoms with Crippen LogP contribution in [0.4, 0.5) is 8.78 Å². The van der Waals surface area contributed by atoms with E-state index in [1.807, 2.05) is 0 Å². The number of phenolic OH excluding ortho intramolecular Hbond substituents is 1. The van der Waals surface area contributed by atoms with E-state index in [1.165, 1.54) is 35.3 Å². The van der Waals surface area contributed by atoms with E-state index in [-0.39, 0.29) is 21.8 Å². The highest BCUT2D eigenvalue weighted by atomic mass is 32.1. The molecule has 2 heterocycles. The van der Waals surface area contributed by atoms with Crippen molar-refractivity contribution in [1.82, 2.24) is 9.55 Å². The highest BCUT2D eigenvalue weighted by Gasteiger charge is 2.39. The summed E-state index contributed by atoms with van der Waals surface area (Å²) in [7, 11) is 0. The van der Waals surface area contributed by atoms with Crippen LogP contribution in [-0.4, -0.2) is 37.4 Å². The molecule has 0 unspecified atom stereocenters. The lowest BCUT2D eigenvalue weighted by Crippen LogP contribution is -2.32. The van der Waals surface area contributed by atoms with Gasteiger partial charge in [0.2, 0.25) is 5.78 Å². The average Bonchev–Trinajstić information content (AvgIpc) is 3.29. The van der Waals surface area contributed by atoms with E-state index in [0.717, 1.165) is 11.3 Å². The van der Waals surface area contributed by atoms with Crippen molar-refractivity contribution < 1.29 is 28.6 Å². The zero-order chi connectivity index (χ0) is 21.2. The first-order valence-electron chi connectivity index (χ1n) is 8.76. The number of carbonyl (C=O) groups is 2.